The Kier molecular flexibility index (Phi) is 3.44. The van der Waals surface area contributed by atoms with E-state index in [1.165, 1.54) is 12.0 Å². The average Bonchev–Trinajstić information content (AvgIpc) is 2.78. The van der Waals surface area contributed by atoms with E-state index in [2.05, 4.69) is 36.3 Å². The SMILES string of the molecule is CC1(C)CCSC(=NCC2Cc3ccccc3O2)N1. The summed E-state index contributed by atoms with van der Waals surface area (Å²) in [6, 6.07) is 8.27. The zero-order valence-electron chi connectivity index (χ0n) is 11.5. The summed E-state index contributed by atoms with van der Waals surface area (Å²) in [5.74, 6) is 2.17. The molecule has 1 N–H and O–H groups in total. The first-order valence-corrected chi connectivity index (χ1v) is 7.81. The fourth-order valence-corrected chi connectivity index (χ4v) is 3.74. The lowest BCUT2D eigenvalue weighted by atomic mass is 10.0. The number of thioether (sulfide) groups is 1. The molecule has 1 unspecified atom stereocenters. The molecule has 0 radical (unpaired) electrons. The molecule has 1 atom stereocenters. The van der Waals surface area contributed by atoms with Crippen LogP contribution < -0.4 is 10.1 Å². The maximum absolute atomic E-state index is 5.91. The lowest BCUT2D eigenvalue weighted by Gasteiger charge is -2.32. The van der Waals surface area contributed by atoms with Crippen LogP contribution in [0.15, 0.2) is 29.3 Å². The summed E-state index contributed by atoms with van der Waals surface area (Å²) >= 11 is 1.82. The Morgan fingerprint density at radius 2 is 2.26 bits per heavy atom. The Bertz CT molecular complexity index is 474. The van der Waals surface area contributed by atoms with Gasteiger partial charge in [0, 0.05) is 17.7 Å². The number of rotatable bonds is 2. The molecule has 0 bridgehead atoms. The third kappa shape index (κ3) is 3.06. The highest BCUT2D eigenvalue weighted by Crippen LogP contribution is 2.28. The Labute approximate surface area is 118 Å². The Hall–Kier alpha value is -1.16. The number of para-hydroxylation sites is 1. The van der Waals surface area contributed by atoms with E-state index < -0.39 is 0 Å². The molecule has 1 fully saturated rings. The molecule has 1 aromatic carbocycles. The second-order valence-corrected chi connectivity index (χ2v) is 6.89. The van der Waals surface area contributed by atoms with E-state index in [0.717, 1.165) is 29.6 Å². The third-order valence-corrected chi connectivity index (χ3v) is 4.48. The molecular formula is C15H20N2OS. The van der Waals surface area contributed by atoms with Crippen molar-refractivity contribution in [2.24, 2.45) is 4.99 Å². The molecule has 0 amide bonds. The van der Waals surface area contributed by atoms with Crippen molar-refractivity contribution < 1.29 is 4.74 Å². The summed E-state index contributed by atoms with van der Waals surface area (Å²) in [4.78, 5) is 4.69. The van der Waals surface area contributed by atoms with Crippen LogP contribution >= 0.6 is 11.8 Å². The van der Waals surface area contributed by atoms with E-state index in [0.29, 0.717) is 0 Å². The van der Waals surface area contributed by atoms with E-state index in [9.17, 15) is 0 Å². The van der Waals surface area contributed by atoms with Crippen LogP contribution in [0, 0.1) is 0 Å². The summed E-state index contributed by atoms with van der Waals surface area (Å²) in [7, 11) is 0. The molecular weight excluding hydrogens is 256 g/mol. The highest BCUT2D eigenvalue weighted by atomic mass is 32.2. The molecule has 3 nitrogen and oxygen atoms in total. The molecule has 102 valence electrons. The van der Waals surface area contributed by atoms with Crippen molar-refractivity contribution in [3.63, 3.8) is 0 Å². The predicted octanol–water partition coefficient (Wildman–Crippen LogP) is 2.85. The first kappa shape index (κ1) is 12.9. The number of amidine groups is 1. The molecule has 0 saturated carbocycles. The van der Waals surface area contributed by atoms with Gasteiger partial charge in [0.25, 0.3) is 0 Å². The van der Waals surface area contributed by atoms with Crippen LogP contribution in [0.2, 0.25) is 0 Å². The molecule has 2 heterocycles. The number of nitrogens with zero attached hydrogens (tertiary/aromatic N) is 1. The van der Waals surface area contributed by atoms with Gasteiger partial charge in [0.2, 0.25) is 0 Å². The monoisotopic (exact) mass is 276 g/mol. The normalized spacial score (nSPS) is 26.6. The summed E-state index contributed by atoms with van der Waals surface area (Å²) in [6.45, 7) is 5.19. The second kappa shape index (κ2) is 5.08. The second-order valence-electron chi connectivity index (χ2n) is 5.80. The number of benzene rings is 1. The van der Waals surface area contributed by atoms with Gasteiger partial charge in [-0.15, -0.1) is 0 Å². The molecule has 3 rings (SSSR count). The van der Waals surface area contributed by atoms with E-state index in [4.69, 9.17) is 4.74 Å². The van der Waals surface area contributed by atoms with Crippen molar-refractivity contribution in [1.29, 1.82) is 0 Å². The maximum atomic E-state index is 5.91. The van der Waals surface area contributed by atoms with Crippen LogP contribution in [0.1, 0.15) is 25.8 Å². The number of fused-ring (bicyclic) bond motifs is 1. The van der Waals surface area contributed by atoms with Gasteiger partial charge < -0.3 is 10.1 Å². The van der Waals surface area contributed by atoms with Gasteiger partial charge in [-0.25, -0.2) is 0 Å². The van der Waals surface area contributed by atoms with Crippen LogP contribution in [-0.4, -0.2) is 29.1 Å². The number of hydrogen-bond acceptors (Lipinski definition) is 3. The number of hydrogen-bond donors (Lipinski definition) is 1. The highest BCUT2D eigenvalue weighted by Gasteiger charge is 2.26. The van der Waals surface area contributed by atoms with Crippen LogP contribution in [0.3, 0.4) is 0 Å². The van der Waals surface area contributed by atoms with Gasteiger partial charge >= 0.3 is 0 Å². The van der Waals surface area contributed by atoms with Gasteiger partial charge in [-0.2, -0.15) is 0 Å². The zero-order valence-corrected chi connectivity index (χ0v) is 12.3. The fraction of sp³-hybridized carbons (Fsp3) is 0.533. The van der Waals surface area contributed by atoms with E-state index in [1.807, 2.05) is 23.9 Å². The average molecular weight is 276 g/mol. The standard InChI is InChI=1S/C15H20N2OS/c1-15(2)7-8-19-14(17-15)16-10-12-9-11-5-3-4-6-13(11)18-12/h3-6,12H,7-10H2,1-2H3,(H,16,17). The minimum atomic E-state index is 0.170. The van der Waals surface area contributed by atoms with Crippen molar-refractivity contribution >= 4 is 16.9 Å². The fourth-order valence-electron chi connectivity index (χ4n) is 2.42. The minimum absolute atomic E-state index is 0.170. The van der Waals surface area contributed by atoms with Gasteiger partial charge in [-0.05, 0) is 31.9 Å². The molecule has 19 heavy (non-hydrogen) atoms. The molecule has 1 aromatic rings. The van der Waals surface area contributed by atoms with Crippen LogP contribution in [0.25, 0.3) is 0 Å². The van der Waals surface area contributed by atoms with Crippen molar-refractivity contribution in [3.8, 4) is 5.75 Å². The number of aliphatic imine (C=N–C) groups is 1. The number of nitrogens with one attached hydrogen (secondary N) is 1. The Balaban J connectivity index is 1.59. The molecule has 2 aliphatic heterocycles. The molecule has 1 saturated heterocycles. The summed E-state index contributed by atoms with van der Waals surface area (Å²) < 4.78 is 5.91. The van der Waals surface area contributed by atoms with Crippen molar-refractivity contribution in [2.75, 3.05) is 12.3 Å². The molecule has 4 heteroatoms. The first-order valence-electron chi connectivity index (χ1n) is 6.82. The number of ether oxygens (including phenoxy) is 1. The largest absolute Gasteiger partial charge is 0.488 e. The van der Waals surface area contributed by atoms with Crippen LogP contribution in [-0.2, 0) is 6.42 Å². The molecule has 0 aliphatic carbocycles. The van der Waals surface area contributed by atoms with Gasteiger partial charge in [0.1, 0.15) is 11.9 Å². The van der Waals surface area contributed by atoms with Crippen LogP contribution in [0.4, 0.5) is 0 Å². The van der Waals surface area contributed by atoms with Crippen molar-refractivity contribution in [3.05, 3.63) is 29.8 Å². The van der Waals surface area contributed by atoms with Crippen LogP contribution in [0.5, 0.6) is 5.75 Å². The maximum Gasteiger partial charge on any atom is 0.157 e. The van der Waals surface area contributed by atoms with Crippen molar-refractivity contribution in [2.45, 2.75) is 38.3 Å². The lowest BCUT2D eigenvalue weighted by Crippen LogP contribution is -2.46. The Morgan fingerprint density at radius 3 is 3.05 bits per heavy atom. The zero-order chi connectivity index (χ0) is 13.3. The topological polar surface area (TPSA) is 33.6 Å². The van der Waals surface area contributed by atoms with E-state index in [-0.39, 0.29) is 11.6 Å². The van der Waals surface area contributed by atoms with E-state index in [1.54, 1.807) is 0 Å². The molecule has 0 aromatic heterocycles. The third-order valence-electron chi connectivity index (χ3n) is 3.56. The summed E-state index contributed by atoms with van der Waals surface area (Å²) in [5, 5.41) is 4.56. The Morgan fingerprint density at radius 1 is 1.42 bits per heavy atom. The first-order chi connectivity index (χ1) is 9.12. The lowest BCUT2D eigenvalue weighted by molar-refractivity contribution is 0.242. The summed E-state index contributed by atoms with van der Waals surface area (Å²) in [6.07, 6.45) is 2.35. The predicted molar refractivity (Wildman–Crippen MR) is 81.2 cm³/mol. The smallest absolute Gasteiger partial charge is 0.157 e. The van der Waals surface area contributed by atoms with Gasteiger partial charge in [-0.3, -0.25) is 4.99 Å². The van der Waals surface area contributed by atoms with Gasteiger partial charge in [0.05, 0.1) is 6.54 Å². The minimum Gasteiger partial charge on any atom is -0.488 e. The summed E-state index contributed by atoms with van der Waals surface area (Å²) in [5.41, 5.74) is 1.47. The van der Waals surface area contributed by atoms with E-state index >= 15 is 0 Å². The van der Waals surface area contributed by atoms with Crippen molar-refractivity contribution in [1.82, 2.24) is 5.32 Å². The molecule has 0 spiro atoms. The van der Waals surface area contributed by atoms with Gasteiger partial charge in [0.15, 0.2) is 5.17 Å². The quantitative estimate of drug-likeness (QED) is 0.902. The molecule has 2 aliphatic rings. The highest BCUT2D eigenvalue weighted by molar-refractivity contribution is 8.13. The van der Waals surface area contributed by atoms with Gasteiger partial charge in [-0.1, -0.05) is 30.0 Å².